The van der Waals surface area contributed by atoms with Crippen LogP contribution in [-0.2, 0) is 17.6 Å². The van der Waals surface area contributed by atoms with Crippen LogP contribution < -0.4 is 5.32 Å². The number of likely N-dealkylation sites (tertiary alicyclic amines) is 1. The van der Waals surface area contributed by atoms with E-state index in [1.54, 1.807) is 0 Å². The van der Waals surface area contributed by atoms with Gasteiger partial charge in [-0.25, -0.2) is 0 Å². The number of nitrogens with one attached hydrogen (secondary N) is 1. The fourth-order valence-electron chi connectivity index (χ4n) is 4.07. The zero-order valence-electron chi connectivity index (χ0n) is 18.1. The molecule has 1 aromatic heterocycles. The summed E-state index contributed by atoms with van der Waals surface area (Å²) in [6, 6.07) is 18.8. The van der Waals surface area contributed by atoms with E-state index in [4.69, 9.17) is 4.52 Å². The molecular weight excluding hydrogens is 388 g/mol. The van der Waals surface area contributed by atoms with Gasteiger partial charge in [-0.3, -0.25) is 9.69 Å². The Bertz CT molecular complexity index is 963. The van der Waals surface area contributed by atoms with E-state index in [9.17, 15) is 4.79 Å². The maximum absolute atomic E-state index is 12.5. The van der Waals surface area contributed by atoms with Gasteiger partial charge in [0.25, 0.3) is 0 Å². The van der Waals surface area contributed by atoms with Crippen LogP contribution in [0, 0.1) is 0 Å². The number of hydrogen-bond donors (Lipinski definition) is 1. The van der Waals surface area contributed by atoms with Crippen LogP contribution in [0.5, 0.6) is 0 Å². The van der Waals surface area contributed by atoms with Crippen molar-refractivity contribution in [3.63, 3.8) is 0 Å². The second-order valence-electron chi connectivity index (χ2n) is 8.04. The summed E-state index contributed by atoms with van der Waals surface area (Å²) < 4.78 is 5.35. The maximum Gasteiger partial charge on any atom is 0.227 e. The van der Waals surface area contributed by atoms with E-state index in [1.807, 2.05) is 18.2 Å². The summed E-state index contributed by atoms with van der Waals surface area (Å²) in [7, 11) is 0. The molecular formula is C25H30N4O2. The van der Waals surface area contributed by atoms with Gasteiger partial charge in [-0.1, -0.05) is 66.7 Å². The molecule has 1 atom stereocenters. The van der Waals surface area contributed by atoms with Crippen LogP contribution in [0.2, 0.25) is 0 Å². The minimum Gasteiger partial charge on any atom is -0.354 e. The second kappa shape index (κ2) is 10.4. The van der Waals surface area contributed by atoms with Gasteiger partial charge in [0.15, 0.2) is 0 Å². The molecule has 0 spiro atoms. The Morgan fingerprint density at radius 2 is 1.84 bits per heavy atom. The average Bonchev–Trinajstić information content (AvgIpc) is 3.51. The van der Waals surface area contributed by atoms with Crippen molar-refractivity contribution in [2.45, 2.75) is 45.1 Å². The quantitative estimate of drug-likeness (QED) is 0.564. The van der Waals surface area contributed by atoms with E-state index < -0.39 is 0 Å². The van der Waals surface area contributed by atoms with Crippen LogP contribution in [0.25, 0.3) is 11.4 Å². The first-order chi connectivity index (χ1) is 15.2. The normalized spacial score (nSPS) is 15.1. The first-order valence-corrected chi connectivity index (χ1v) is 11.2. The van der Waals surface area contributed by atoms with Gasteiger partial charge in [0.05, 0.1) is 6.04 Å². The maximum atomic E-state index is 12.5. The molecule has 1 unspecified atom stereocenters. The minimum atomic E-state index is 0.00665. The summed E-state index contributed by atoms with van der Waals surface area (Å²) in [6.07, 6.45) is 4.20. The fraction of sp³-hybridized carbons (Fsp3) is 0.400. The number of hydrogen-bond acceptors (Lipinski definition) is 5. The van der Waals surface area contributed by atoms with Crippen molar-refractivity contribution in [3.05, 3.63) is 71.6 Å². The third-order valence-electron chi connectivity index (χ3n) is 5.91. The summed E-state index contributed by atoms with van der Waals surface area (Å²) >= 11 is 0. The second-order valence-corrected chi connectivity index (χ2v) is 8.04. The predicted molar refractivity (Wildman–Crippen MR) is 120 cm³/mol. The molecule has 0 radical (unpaired) electrons. The highest BCUT2D eigenvalue weighted by Gasteiger charge is 2.23. The summed E-state index contributed by atoms with van der Waals surface area (Å²) in [4.78, 5) is 19.4. The molecule has 1 fully saturated rings. The summed E-state index contributed by atoms with van der Waals surface area (Å²) in [5, 5.41) is 7.17. The predicted octanol–water partition coefficient (Wildman–Crippen LogP) is 4.18. The molecule has 162 valence electrons. The van der Waals surface area contributed by atoms with Crippen LogP contribution in [0.15, 0.2) is 59.1 Å². The molecule has 4 rings (SSSR count). The highest BCUT2D eigenvalue weighted by atomic mass is 16.5. The molecule has 1 saturated heterocycles. The number of benzene rings is 2. The Kier molecular flexibility index (Phi) is 7.10. The first-order valence-electron chi connectivity index (χ1n) is 11.2. The number of carbonyl (C=O) groups excluding carboxylic acids is 1. The number of aryl methyl sites for hydroxylation is 2. The topological polar surface area (TPSA) is 71.3 Å². The van der Waals surface area contributed by atoms with Crippen molar-refractivity contribution in [1.82, 2.24) is 20.4 Å². The summed E-state index contributed by atoms with van der Waals surface area (Å²) in [6.45, 7) is 4.90. The molecule has 6 heteroatoms. The molecule has 1 aliphatic rings. The lowest BCUT2D eigenvalue weighted by molar-refractivity contribution is -0.121. The van der Waals surface area contributed by atoms with Gasteiger partial charge in [0.1, 0.15) is 0 Å². The Hall–Kier alpha value is -2.99. The monoisotopic (exact) mass is 418 g/mol. The van der Waals surface area contributed by atoms with Gasteiger partial charge in [-0.15, -0.1) is 0 Å². The molecule has 31 heavy (non-hydrogen) atoms. The zero-order valence-corrected chi connectivity index (χ0v) is 18.1. The molecule has 1 amide bonds. The van der Waals surface area contributed by atoms with E-state index in [0.29, 0.717) is 31.1 Å². The lowest BCUT2D eigenvalue weighted by Gasteiger charge is -2.28. The van der Waals surface area contributed by atoms with E-state index in [2.05, 4.69) is 63.7 Å². The molecule has 1 aliphatic heterocycles. The third-order valence-corrected chi connectivity index (χ3v) is 5.91. The van der Waals surface area contributed by atoms with E-state index in [0.717, 1.165) is 25.1 Å². The Morgan fingerprint density at radius 3 is 2.55 bits per heavy atom. The molecule has 0 bridgehead atoms. The zero-order chi connectivity index (χ0) is 21.5. The number of carbonyl (C=O) groups is 1. The highest BCUT2D eigenvalue weighted by molar-refractivity contribution is 5.76. The molecule has 0 aliphatic carbocycles. The Balaban J connectivity index is 1.30. The van der Waals surface area contributed by atoms with Crippen LogP contribution in [0.4, 0.5) is 0 Å². The van der Waals surface area contributed by atoms with Crippen LogP contribution in [-0.4, -0.2) is 40.6 Å². The van der Waals surface area contributed by atoms with E-state index in [1.165, 1.54) is 24.0 Å². The summed E-state index contributed by atoms with van der Waals surface area (Å²) in [5.74, 6) is 1.06. The van der Waals surface area contributed by atoms with Crippen molar-refractivity contribution in [2.75, 3.05) is 19.6 Å². The highest BCUT2D eigenvalue weighted by Crippen LogP contribution is 2.24. The standard InChI is InChI=1S/C25H30N4O2/c1-2-19-10-12-21(13-11-19)25-27-24(31-28-25)15-14-23(30)26-18-22(29-16-6-7-17-29)20-8-4-3-5-9-20/h3-5,8-13,22H,2,6-7,14-18H2,1H3,(H,26,30). The van der Waals surface area contributed by atoms with Crippen molar-refractivity contribution in [1.29, 1.82) is 0 Å². The molecule has 1 N–H and O–H groups in total. The first kappa shape index (κ1) is 21.2. The van der Waals surface area contributed by atoms with Crippen LogP contribution >= 0.6 is 0 Å². The lowest BCUT2D eigenvalue weighted by atomic mass is 10.1. The van der Waals surface area contributed by atoms with Crippen molar-refractivity contribution in [3.8, 4) is 11.4 Å². The molecule has 6 nitrogen and oxygen atoms in total. The van der Waals surface area contributed by atoms with Crippen LogP contribution in [0.1, 0.15) is 49.2 Å². The Labute approximate surface area is 183 Å². The van der Waals surface area contributed by atoms with Crippen LogP contribution in [0.3, 0.4) is 0 Å². The van der Waals surface area contributed by atoms with Gasteiger partial charge in [0.2, 0.25) is 17.6 Å². The fourth-order valence-corrected chi connectivity index (χ4v) is 4.07. The third kappa shape index (κ3) is 5.58. The lowest BCUT2D eigenvalue weighted by Crippen LogP contribution is -2.36. The van der Waals surface area contributed by atoms with E-state index >= 15 is 0 Å². The van der Waals surface area contributed by atoms with Crippen molar-refractivity contribution in [2.24, 2.45) is 0 Å². The number of aromatic nitrogens is 2. The largest absolute Gasteiger partial charge is 0.354 e. The van der Waals surface area contributed by atoms with Gasteiger partial charge in [-0.05, 0) is 43.5 Å². The Morgan fingerprint density at radius 1 is 1.10 bits per heavy atom. The minimum absolute atomic E-state index is 0.00665. The summed E-state index contributed by atoms with van der Waals surface area (Å²) in [5.41, 5.74) is 3.44. The SMILES string of the molecule is CCc1ccc(-c2noc(CCC(=O)NCC(c3ccccc3)N3CCCC3)n2)cc1. The number of amides is 1. The number of nitrogens with zero attached hydrogens (tertiary/aromatic N) is 3. The molecule has 2 aromatic carbocycles. The van der Waals surface area contributed by atoms with Crippen molar-refractivity contribution < 1.29 is 9.32 Å². The van der Waals surface area contributed by atoms with Gasteiger partial charge in [-0.2, -0.15) is 4.98 Å². The smallest absolute Gasteiger partial charge is 0.227 e. The molecule has 0 saturated carbocycles. The van der Waals surface area contributed by atoms with Gasteiger partial charge >= 0.3 is 0 Å². The molecule has 2 heterocycles. The molecule has 3 aromatic rings. The van der Waals surface area contributed by atoms with Crippen molar-refractivity contribution >= 4 is 5.91 Å². The number of rotatable bonds is 9. The van der Waals surface area contributed by atoms with Gasteiger partial charge in [0, 0.05) is 24.9 Å². The van der Waals surface area contributed by atoms with Gasteiger partial charge < -0.3 is 9.84 Å². The van der Waals surface area contributed by atoms with E-state index in [-0.39, 0.29) is 11.9 Å². The average molecular weight is 419 g/mol.